The fourth-order valence-corrected chi connectivity index (χ4v) is 6.13. The summed E-state index contributed by atoms with van der Waals surface area (Å²) in [5, 5.41) is 3.28. The summed E-state index contributed by atoms with van der Waals surface area (Å²) in [5.41, 5.74) is 1.42. The molecule has 1 aromatic carbocycles. The normalized spacial score (nSPS) is 35.3. The first-order valence-corrected chi connectivity index (χ1v) is 10.1. The molecule has 128 valence electrons. The van der Waals surface area contributed by atoms with Gasteiger partial charge < -0.3 is 5.32 Å². The summed E-state index contributed by atoms with van der Waals surface area (Å²) in [5.74, 6) is 2.82. The molecule has 0 aromatic heterocycles. The van der Waals surface area contributed by atoms with Gasteiger partial charge in [0.15, 0.2) is 0 Å². The van der Waals surface area contributed by atoms with Gasteiger partial charge in [-0.25, -0.2) is 0 Å². The van der Waals surface area contributed by atoms with Gasteiger partial charge in [0.25, 0.3) is 0 Å². The molecule has 2 nitrogen and oxygen atoms in total. The molecular formula is C21H26BrNO. The molecule has 4 aliphatic rings. The molecule has 4 bridgehead atoms. The van der Waals surface area contributed by atoms with Gasteiger partial charge in [0.2, 0.25) is 5.91 Å². The second-order valence-electron chi connectivity index (χ2n) is 8.40. The molecular weight excluding hydrogens is 362 g/mol. The van der Waals surface area contributed by atoms with E-state index < -0.39 is 0 Å². The van der Waals surface area contributed by atoms with Crippen LogP contribution in [0.5, 0.6) is 0 Å². The maximum Gasteiger partial charge on any atom is 0.244 e. The van der Waals surface area contributed by atoms with E-state index in [2.05, 4.69) is 28.2 Å². The van der Waals surface area contributed by atoms with Crippen LogP contribution < -0.4 is 5.32 Å². The van der Waals surface area contributed by atoms with E-state index in [1.165, 1.54) is 38.5 Å². The second-order valence-corrected chi connectivity index (χ2v) is 9.31. The zero-order chi connectivity index (χ0) is 16.7. The van der Waals surface area contributed by atoms with Crippen molar-refractivity contribution in [2.45, 2.75) is 51.5 Å². The van der Waals surface area contributed by atoms with Crippen LogP contribution in [0.3, 0.4) is 0 Å². The van der Waals surface area contributed by atoms with Crippen LogP contribution in [-0.4, -0.2) is 11.9 Å². The molecule has 5 rings (SSSR count). The van der Waals surface area contributed by atoms with Crippen molar-refractivity contribution in [3.8, 4) is 0 Å². The van der Waals surface area contributed by atoms with Gasteiger partial charge in [0.05, 0.1) is 0 Å². The fourth-order valence-electron chi connectivity index (χ4n) is 5.87. The van der Waals surface area contributed by atoms with E-state index in [9.17, 15) is 4.79 Å². The minimum absolute atomic E-state index is 0.0427. The van der Waals surface area contributed by atoms with Crippen LogP contribution in [0.25, 0.3) is 6.08 Å². The molecule has 1 amide bonds. The molecule has 0 spiro atoms. The minimum Gasteiger partial charge on any atom is -0.350 e. The summed E-state index contributed by atoms with van der Waals surface area (Å²) in [4.78, 5) is 12.4. The number of carbonyl (C=O) groups is 1. The predicted molar refractivity (Wildman–Crippen MR) is 101 cm³/mol. The standard InChI is InChI=1S/C21H26BrNO/c1-14(21-11-16-8-17(12-21)10-18(9-16)13-21)23-20(24)7-4-15-2-5-19(22)6-3-15/h2-7,14,16-18H,8-13H2,1H3,(H,23,24)/b7-4+/t14-,16?,17?,18?,21?/m1/s1. The Hall–Kier alpha value is -1.09. The van der Waals surface area contributed by atoms with Crippen LogP contribution in [-0.2, 0) is 4.79 Å². The van der Waals surface area contributed by atoms with E-state index in [1.807, 2.05) is 30.3 Å². The van der Waals surface area contributed by atoms with E-state index >= 15 is 0 Å². The number of benzene rings is 1. The topological polar surface area (TPSA) is 29.1 Å². The number of amides is 1. The number of carbonyl (C=O) groups excluding carboxylic acids is 1. The molecule has 4 saturated carbocycles. The lowest BCUT2D eigenvalue weighted by molar-refractivity contribution is -0.121. The van der Waals surface area contributed by atoms with Crippen molar-refractivity contribution in [2.75, 3.05) is 0 Å². The van der Waals surface area contributed by atoms with E-state index in [4.69, 9.17) is 0 Å². The smallest absolute Gasteiger partial charge is 0.244 e. The summed E-state index contributed by atoms with van der Waals surface area (Å²) < 4.78 is 1.06. The average Bonchev–Trinajstić information content (AvgIpc) is 2.53. The van der Waals surface area contributed by atoms with Gasteiger partial charge in [-0.15, -0.1) is 0 Å². The third-order valence-corrected chi connectivity index (χ3v) is 7.19. The highest BCUT2D eigenvalue weighted by Gasteiger charge is 2.53. The molecule has 1 aromatic rings. The number of hydrogen-bond donors (Lipinski definition) is 1. The van der Waals surface area contributed by atoms with Gasteiger partial charge in [-0.2, -0.15) is 0 Å². The van der Waals surface area contributed by atoms with E-state index in [1.54, 1.807) is 6.08 Å². The summed E-state index contributed by atoms with van der Waals surface area (Å²) in [6.45, 7) is 2.23. The van der Waals surface area contributed by atoms with Crippen LogP contribution in [0.1, 0.15) is 51.0 Å². The molecule has 0 saturated heterocycles. The Kier molecular flexibility index (Phi) is 4.32. The number of nitrogens with one attached hydrogen (secondary N) is 1. The van der Waals surface area contributed by atoms with Crippen molar-refractivity contribution in [3.05, 3.63) is 40.4 Å². The lowest BCUT2D eigenvalue weighted by atomic mass is 9.48. The van der Waals surface area contributed by atoms with E-state index in [0.29, 0.717) is 5.41 Å². The predicted octanol–water partition coefficient (Wildman–Crippen LogP) is 5.18. The van der Waals surface area contributed by atoms with Crippen molar-refractivity contribution in [1.82, 2.24) is 5.32 Å². The Bertz CT molecular complexity index is 613. The molecule has 0 radical (unpaired) electrons. The van der Waals surface area contributed by atoms with Crippen molar-refractivity contribution in [2.24, 2.45) is 23.2 Å². The first kappa shape index (κ1) is 16.4. The van der Waals surface area contributed by atoms with Gasteiger partial charge in [-0.05, 0) is 92.4 Å². The van der Waals surface area contributed by atoms with Crippen molar-refractivity contribution in [1.29, 1.82) is 0 Å². The van der Waals surface area contributed by atoms with E-state index in [0.717, 1.165) is 27.8 Å². The van der Waals surface area contributed by atoms with Gasteiger partial charge in [0, 0.05) is 16.6 Å². The Morgan fingerprint density at radius 3 is 2.21 bits per heavy atom. The third kappa shape index (κ3) is 3.20. The molecule has 4 aliphatic carbocycles. The zero-order valence-corrected chi connectivity index (χ0v) is 15.9. The summed E-state index contributed by atoms with van der Waals surface area (Å²) in [7, 11) is 0. The molecule has 4 fully saturated rings. The van der Waals surface area contributed by atoms with E-state index in [-0.39, 0.29) is 11.9 Å². The first-order chi connectivity index (χ1) is 11.5. The maximum atomic E-state index is 12.4. The maximum absolute atomic E-state index is 12.4. The van der Waals surface area contributed by atoms with Gasteiger partial charge in [-0.3, -0.25) is 4.79 Å². The quantitative estimate of drug-likeness (QED) is 0.708. The summed E-state index contributed by atoms with van der Waals surface area (Å²) in [6.07, 6.45) is 11.9. The molecule has 0 heterocycles. The Labute approximate surface area is 153 Å². The highest BCUT2D eigenvalue weighted by Crippen LogP contribution is 2.61. The highest BCUT2D eigenvalue weighted by molar-refractivity contribution is 9.10. The van der Waals surface area contributed by atoms with Crippen LogP contribution in [0, 0.1) is 23.2 Å². The lowest BCUT2D eigenvalue weighted by Gasteiger charge is -2.59. The second kappa shape index (κ2) is 6.33. The summed E-state index contributed by atoms with van der Waals surface area (Å²) >= 11 is 3.43. The monoisotopic (exact) mass is 387 g/mol. The highest BCUT2D eigenvalue weighted by atomic mass is 79.9. The van der Waals surface area contributed by atoms with Gasteiger partial charge >= 0.3 is 0 Å². The number of rotatable bonds is 4. The van der Waals surface area contributed by atoms with Crippen molar-refractivity contribution < 1.29 is 4.79 Å². The van der Waals surface area contributed by atoms with Crippen LogP contribution >= 0.6 is 15.9 Å². The first-order valence-electron chi connectivity index (χ1n) is 9.26. The third-order valence-electron chi connectivity index (χ3n) is 6.66. The summed E-state index contributed by atoms with van der Waals surface area (Å²) in [6, 6.07) is 8.30. The average molecular weight is 388 g/mol. The molecule has 0 aliphatic heterocycles. The van der Waals surface area contributed by atoms with Crippen molar-refractivity contribution >= 4 is 27.9 Å². The van der Waals surface area contributed by atoms with Crippen molar-refractivity contribution in [3.63, 3.8) is 0 Å². The lowest BCUT2D eigenvalue weighted by Crippen LogP contribution is -2.55. The van der Waals surface area contributed by atoms with Gasteiger partial charge in [-0.1, -0.05) is 28.1 Å². The number of hydrogen-bond acceptors (Lipinski definition) is 1. The van der Waals surface area contributed by atoms with Crippen LogP contribution in [0.2, 0.25) is 0 Å². The van der Waals surface area contributed by atoms with Crippen LogP contribution in [0.4, 0.5) is 0 Å². The fraction of sp³-hybridized carbons (Fsp3) is 0.571. The largest absolute Gasteiger partial charge is 0.350 e. The molecule has 24 heavy (non-hydrogen) atoms. The SMILES string of the molecule is C[C@@H](NC(=O)/C=C/c1ccc(Br)cc1)C12CC3CC(CC(C3)C1)C2. The Balaban J connectivity index is 1.39. The molecule has 3 heteroatoms. The Morgan fingerprint density at radius 2 is 1.67 bits per heavy atom. The van der Waals surface area contributed by atoms with Crippen LogP contribution in [0.15, 0.2) is 34.8 Å². The molecule has 1 N–H and O–H groups in total. The Morgan fingerprint density at radius 1 is 1.12 bits per heavy atom. The molecule has 1 atom stereocenters. The minimum atomic E-state index is 0.0427. The van der Waals surface area contributed by atoms with Gasteiger partial charge in [0.1, 0.15) is 0 Å². The molecule has 0 unspecified atom stereocenters. The number of halogens is 1. The zero-order valence-electron chi connectivity index (χ0n) is 14.3.